The minimum Gasteiger partial charge on any atom is -0.507 e. The van der Waals surface area contributed by atoms with Gasteiger partial charge in [-0.15, -0.1) is 0 Å². The van der Waals surface area contributed by atoms with E-state index >= 15 is 0 Å². The number of aliphatic hydroxyl groups excluding tert-OH is 1. The molecule has 5 rings (SSSR count). The fourth-order valence-electron chi connectivity index (χ4n) is 4.72. The number of rotatable bonds is 5. The highest BCUT2D eigenvalue weighted by Gasteiger charge is 2.46. The van der Waals surface area contributed by atoms with Gasteiger partial charge in [-0.3, -0.25) is 14.6 Å². The van der Waals surface area contributed by atoms with E-state index in [4.69, 9.17) is 9.47 Å². The summed E-state index contributed by atoms with van der Waals surface area (Å²) in [7, 11) is 1.29. The molecule has 2 aliphatic rings. The number of carbonyl (C=O) groups excluding carboxylic acids is 3. The zero-order valence-corrected chi connectivity index (χ0v) is 19.8. The number of amides is 1. The van der Waals surface area contributed by atoms with Crippen LogP contribution in [0.2, 0.25) is 0 Å². The minimum absolute atomic E-state index is 0.0124. The lowest BCUT2D eigenvalue weighted by Gasteiger charge is -2.25. The molecule has 2 aliphatic heterocycles. The predicted molar refractivity (Wildman–Crippen MR) is 130 cm³/mol. The molecule has 0 saturated carbocycles. The van der Waals surface area contributed by atoms with Gasteiger partial charge in [0, 0.05) is 30.9 Å². The summed E-state index contributed by atoms with van der Waals surface area (Å²) in [4.78, 5) is 43.9. The quantitative estimate of drug-likeness (QED) is 0.254. The molecule has 1 aromatic heterocycles. The number of esters is 1. The van der Waals surface area contributed by atoms with Gasteiger partial charge < -0.3 is 19.5 Å². The van der Waals surface area contributed by atoms with Crippen molar-refractivity contribution in [3.63, 3.8) is 0 Å². The predicted octanol–water partition coefficient (Wildman–Crippen LogP) is 3.81. The number of pyridine rings is 1. The summed E-state index contributed by atoms with van der Waals surface area (Å²) in [5.41, 5.74) is 2.99. The summed E-state index contributed by atoms with van der Waals surface area (Å²) in [5.74, 6) is -1.51. The van der Waals surface area contributed by atoms with Crippen LogP contribution in [0.4, 0.5) is 0 Å². The van der Waals surface area contributed by atoms with Crippen LogP contribution in [0.3, 0.4) is 0 Å². The number of ketones is 1. The van der Waals surface area contributed by atoms with Gasteiger partial charge in [0.05, 0.1) is 24.3 Å². The summed E-state index contributed by atoms with van der Waals surface area (Å²) in [5, 5.41) is 11.4. The van der Waals surface area contributed by atoms with Crippen molar-refractivity contribution in [2.45, 2.75) is 32.0 Å². The maximum Gasteiger partial charge on any atom is 0.337 e. The van der Waals surface area contributed by atoms with Gasteiger partial charge >= 0.3 is 5.97 Å². The number of likely N-dealkylation sites (tertiary alicyclic amines) is 1. The molecule has 1 fully saturated rings. The van der Waals surface area contributed by atoms with Crippen molar-refractivity contribution in [1.29, 1.82) is 0 Å². The number of aromatic nitrogens is 1. The van der Waals surface area contributed by atoms with E-state index < -0.39 is 23.7 Å². The fourth-order valence-corrected chi connectivity index (χ4v) is 4.72. The lowest BCUT2D eigenvalue weighted by molar-refractivity contribution is -0.140. The third kappa shape index (κ3) is 4.11. The third-order valence-electron chi connectivity index (χ3n) is 6.43. The second-order valence-corrected chi connectivity index (χ2v) is 8.86. The number of hydrogen-bond donors (Lipinski definition) is 1. The minimum atomic E-state index is -0.861. The van der Waals surface area contributed by atoms with Gasteiger partial charge in [0.15, 0.2) is 0 Å². The fraction of sp³-hybridized carbons (Fsp3) is 0.214. The van der Waals surface area contributed by atoms with Gasteiger partial charge in [-0.25, -0.2) is 4.79 Å². The number of nitrogens with zero attached hydrogens (tertiary/aromatic N) is 2. The maximum atomic E-state index is 13.3. The maximum absolute atomic E-state index is 13.3. The van der Waals surface area contributed by atoms with Crippen molar-refractivity contribution in [2.75, 3.05) is 7.11 Å². The van der Waals surface area contributed by atoms with Crippen LogP contribution in [-0.4, -0.2) is 45.9 Å². The Morgan fingerprint density at radius 1 is 1.14 bits per heavy atom. The number of fused-ring (bicyclic) bond motifs is 1. The molecule has 36 heavy (non-hydrogen) atoms. The molecular formula is C28H24N2O6. The van der Waals surface area contributed by atoms with Crippen LogP contribution in [0.15, 0.2) is 72.6 Å². The lowest BCUT2D eigenvalue weighted by Crippen LogP contribution is -2.29. The first-order valence-corrected chi connectivity index (χ1v) is 11.5. The van der Waals surface area contributed by atoms with Crippen molar-refractivity contribution in [2.24, 2.45) is 0 Å². The second-order valence-electron chi connectivity index (χ2n) is 8.86. The van der Waals surface area contributed by atoms with E-state index in [0.29, 0.717) is 23.1 Å². The third-order valence-corrected chi connectivity index (χ3v) is 6.43. The van der Waals surface area contributed by atoms with E-state index in [9.17, 15) is 19.5 Å². The Kier molecular flexibility index (Phi) is 6.01. The van der Waals surface area contributed by atoms with Crippen molar-refractivity contribution in [1.82, 2.24) is 9.88 Å². The lowest BCUT2D eigenvalue weighted by atomic mass is 9.94. The van der Waals surface area contributed by atoms with E-state index in [1.165, 1.54) is 12.0 Å². The normalized spacial score (nSPS) is 20.2. The molecule has 8 nitrogen and oxygen atoms in total. The monoisotopic (exact) mass is 484 g/mol. The van der Waals surface area contributed by atoms with E-state index in [0.717, 1.165) is 16.9 Å². The molecular weight excluding hydrogens is 460 g/mol. The number of benzene rings is 2. The van der Waals surface area contributed by atoms with E-state index in [1.807, 2.05) is 13.0 Å². The van der Waals surface area contributed by atoms with Gasteiger partial charge in [0.25, 0.3) is 11.7 Å². The Hall–Kier alpha value is -4.46. The smallest absolute Gasteiger partial charge is 0.337 e. The van der Waals surface area contributed by atoms with Crippen molar-refractivity contribution >= 4 is 23.4 Å². The Morgan fingerprint density at radius 2 is 1.89 bits per heavy atom. The summed E-state index contributed by atoms with van der Waals surface area (Å²) >= 11 is 0. The van der Waals surface area contributed by atoms with Gasteiger partial charge in [0.1, 0.15) is 17.6 Å². The first kappa shape index (κ1) is 23.3. The number of ether oxygens (including phenoxy) is 2. The van der Waals surface area contributed by atoms with Gasteiger partial charge in [-0.2, -0.15) is 0 Å². The van der Waals surface area contributed by atoms with Gasteiger partial charge in [-0.1, -0.05) is 18.2 Å². The number of methoxy groups -OCH3 is 1. The molecule has 0 spiro atoms. The summed E-state index contributed by atoms with van der Waals surface area (Å²) < 4.78 is 10.5. The average Bonchev–Trinajstić information content (AvgIpc) is 3.39. The van der Waals surface area contributed by atoms with Crippen LogP contribution in [-0.2, 0) is 27.3 Å². The van der Waals surface area contributed by atoms with Crippen LogP contribution in [0.1, 0.15) is 45.6 Å². The number of hydrogen-bond acceptors (Lipinski definition) is 7. The Morgan fingerprint density at radius 3 is 2.58 bits per heavy atom. The van der Waals surface area contributed by atoms with Gasteiger partial charge in [-0.05, 0) is 60.0 Å². The average molecular weight is 485 g/mol. The molecule has 1 saturated heterocycles. The zero-order chi connectivity index (χ0) is 25.4. The van der Waals surface area contributed by atoms with Crippen molar-refractivity contribution in [3.8, 4) is 5.75 Å². The molecule has 2 atom stereocenters. The molecule has 2 aromatic carbocycles. The molecule has 8 heteroatoms. The molecule has 182 valence electrons. The Labute approximate surface area is 207 Å². The van der Waals surface area contributed by atoms with E-state index in [-0.39, 0.29) is 24.0 Å². The molecule has 0 radical (unpaired) electrons. The molecule has 0 bridgehead atoms. The highest BCUT2D eigenvalue weighted by molar-refractivity contribution is 6.46. The summed E-state index contributed by atoms with van der Waals surface area (Å²) in [6, 6.07) is 14.4. The van der Waals surface area contributed by atoms with Crippen LogP contribution in [0, 0.1) is 0 Å². The first-order chi connectivity index (χ1) is 17.4. The summed E-state index contributed by atoms with van der Waals surface area (Å²) in [6.45, 7) is 2.08. The SMILES string of the molecule is COC(=O)c1ccc([C@@H]2/C(=C(\O)c3ccc4c(c3)C[C@H](C)O4)C(=O)C(=O)N2Cc2cccnc2)cc1. The molecule has 1 amide bonds. The molecule has 0 aliphatic carbocycles. The van der Waals surface area contributed by atoms with Gasteiger partial charge in [0.2, 0.25) is 0 Å². The Bertz CT molecular complexity index is 1380. The molecule has 1 N–H and O–H groups in total. The topological polar surface area (TPSA) is 106 Å². The standard InChI is InChI=1S/C28H24N2O6/c1-16-12-21-13-20(9-10-22(21)36-16)25(31)23-24(18-5-7-19(8-6-18)28(34)35-2)30(27(33)26(23)32)15-17-4-3-11-29-14-17/h3-11,13-14,16,24,31H,12,15H2,1-2H3/b25-23+/t16-,24+/m0/s1. The van der Waals surface area contributed by atoms with E-state index in [1.54, 1.807) is 60.9 Å². The highest BCUT2D eigenvalue weighted by Crippen LogP contribution is 2.41. The van der Waals surface area contributed by atoms with Crippen LogP contribution >= 0.6 is 0 Å². The second kappa shape index (κ2) is 9.30. The van der Waals surface area contributed by atoms with Crippen molar-refractivity contribution < 1.29 is 29.0 Å². The van der Waals surface area contributed by atoms with Crippen LogP contribution in [0.25, 0.3) is 5.76 Å². The van der Waals surface area contributed by atoms with E-state index in [2.05, 4.69) is 4.98 Å². The molecule has 0 unspecified atom stereocenters. The largest absolute Gasteiger partial charge is 0.507 e. The number of Topliss-reactive ketones (excluding diaryl/α,β-unsaturated/α-hetero) is 1. The molecule has 3 aromatic rings. The zero-order valence-electron chi connectivity index (χ0n) is 19.8. The van der Waals surface area contributed by atoms with Crippen LogP contribution in [0.5, 0.6) is 5.75 Å². The number of aliphatic hydroxyl groups is 1. The molecule has 3 heterocycles. The Balaban J connectivity index is 1.62. The summed E-state index contributed by atoms with van der Waals surface area (Å²) in [6.07, 6.45) is 3.96. The highest BCUT2D eigenvalue weighted by atomic mass is 16.5. The van der Waals surface area contributed by atoms with Crippen LogP contribution < -0.4 is 4.74 Å². The number of carbonyl (C=O) groups is 3. The first-order valence-electron chi connectivity index (χ1n) is 11.5. The van der Waals surface area contributed by atoms with Crippen molar-refractivity contribution in [3.05, 3.63) is 100 Å².